The van der Waals surface area contributed by atoms with Crippen LogP contribution in [0.1, 0.15) is 46.7 Å². The van der Waals surface area contributed by atoms with Gasteiger partial charge >= 0.3 is 12.1 Å². The van der Waals surface area contributed by atoms with Crippen LogP contribution < -0.4 is 10.6 Å². The number of anilines is 1. The van der Waals surface area contributed by atoms with Crippen LogP contribution in [0, 0.1) is 5.82 Å². The zero-order chi connectivity index (χ0) is 24.6. The SMILES string of the molecule is O=C(Nc1c(F)cccc1C(=O)NC1(C(=O)O)CCC1)OCC1c2ccccc2-c2ccccc21. The van der Waals surface area contributed by atoms with Gasteiger partial charge < -0.3 is 15.2 Å². The number of para-hydroxylation sites is 1. The van der Waals surface area contributed by atoms with E-state index in [9.17, 15) is 23.9 Å². The maximum Gasteiger partial charge on any atom is 0.411 e. The Kier molecular flexibility index (Phi) is 5.72. The molecule has 7 nitrogen and oxygen atoms in total. The van der Waals surface area contributed by atoms with Gasteiger partial charge in [0.25, 0.3) is 5.91 Å². The van der Waals surface area contributed by atoms with Gasteiger partial charge in [0.2, 0.25) is 0 Å². The van der Waals surface area contributed by atoms with Crippen molar-refractivity contribution in [2.75, 3.05) is 11.9 Å². The number of aliphatic carboxylic acids is 1. The Morgan fingerprint density at radius 2 is 1.57 bits per heavy atom. The van der Waals surface area contributed by atoms with Gasteiger partial charge in [-0.1, -0.05) is 54.6 Å². The Balaban J connectivity index is 1.32. The Labute approximate surface area is 200 Å². The minimum Gasteiger partial charge on any atom is -0.480 e. The highest BCUT2D eigenvalue weighted by Gasteiger charge is 2.46. The van der Waals surface area contributed by atoms with E-state index in [0.29, 0.717) is 19.3 Å². The molecular weight excluding hydrogens is 451 g/mol. The Hall–Kier alpha value is -4.20. The molecule has 5 rings (SSSR count). The van der Waals surface area contributed by atoms with Gasteiger partial charge in [-0.25, -0.2) is 14.0 Å². The molecule has 0 atom stereocenters. The van der Waals surface area contributed by atoms with Crippen LogP contribution in [0.3, 0.4) is 0 Å². The number of fused-ring (bicyclic) bond motifs is 3. The second-order valence-corrected chi connectivity index (χ2v) is 8.81. The van der Waals surface area contributed by atoms with Gasteiger partial charge in [-0.3, -0.25) is 10.1 Å². The van der Waals surface area contributed by atoms with Crippen LogP contribution in [-0.2, 0) is 9.53 Å². The first-order valence-corrected chi connectivity index (χ1v) is 11.4. The van der Waals surface area contributed by atoms with Crippen LogP contribution in [0.2, 0.25) is 0 Å². The van der Waals surface area contributed by atoms with Crippen molar-refractivity contribution in [3.63, 3.8) is 0 Å². The Morgan fingerprint density at radius 1 is 0.943 bits per heavy atom. The number of halogens is 1. The predicted octanol–water partition coefficient (Wildman–Crippen LogP) is 4.92. The van der Waals surface area contributed by atoms with Crippen molar-refractivity contribution in [3.8, 4) is 11.1 Å². The largest absolute Gasteiger partial charge is 0.480 e. The highest BCUT2D eigenvalue weighted by Crippen LogP contribution is 2.44. The van der Waals surface area contributed by atoms with Crippen molar-refractivity contribution in [3.05, 3.63) is 89.2 Å². The summed E-state index contributed by atoms with van der Waals surface area (Å²) in [6, 6.07) is 19.5. The minimum absolute atomic E-state index is 0.0258. The first-order valence-electron chi connectivity index (χ1n) is 11.4. The summed E-state index contributed by atoms with van der Waals surface area (Å²) < 4.78 is 20.1. The first kappa shape index (κ1) is 22.6. The number of carboxylic acid groups (broad SMARTS) is 1. The summed E-state index contributed by atoms with van der Waals surface area (Å²) in [6.45, 7) is 0.0258. The number of ether oxygens (including phenoxy) is 1. The zero-order valence-corrected chi connectivity index (χ0v) is 18.7. The number of hydrogen-bond acceptors (Lipinski definition) is 4. The van der Waals surface area contributed by atoms with Crippen LogP contribution in [-0.4, -0.2) is 35.2 Å². The fraction of sp³-hybridized carbons (Fsp3) is 0.222. The van der Waals surface area contributed by atoms with Crippen molar-refractivity contribution in [2.24, 2.45) is 0 Å². The third-order valence-corrected chi connectivity index (χ3v) is 6.80. The van der Waals surface area contributed by atoms with Gasteiger partial charge in [-0.2, -0.15) is 0 Å². The molecule has 3 aromatic carbocycles. The van der Waals surface area contributed by atoms with Crippen molar-refractivity contribution in [1.82, 2.24) is 5.32 Å². The lowest BCUT2D eigenvalue weighted by atomic mass is 9.76. The summed E-state index contributed by atoms with van der Waals surface area (Å²) in [5.41, 5.74) is 2.32. The number of carboxylic acids is 1. The van der Waals surface area contributed by atoms with Crippen molar-refractivity contribution < 1.29 is 28.6 Å². The highest BCUT2D eigenvalue weighted by atomic mass is 19.1. The quantitative estimate of drug-likeness (QED) is 0.470. The lowest BCUT2D eigenvalue weighted by molar-refractivity contribution is -0.148. The number of nitrogens with one attached hydrogen (secondary N) is 2. The number of rotatable bonds is 6. The van der Waals surface area contributed by atoms with E-state index in [4.69, 9.17) is 4.74 Å². The maximum atomic E-state index is 14.6. The molecule has 178 valence electrons. The summed E-state index contributed by atoms with van der Waals surface area (Å²) in [5, 5.41) is 14.3. The van der Waals surface area contributed by atoms with Crippen molar-refractivity contribution >= 4 is 23.7 Å². The van der Waals surface area contributed by atoms with E-state index in [1.54, 1.807) is 0 Å². The molecule has 2 amide bonds. The second kappa shape index (κ2) is 8.87. The lowest BCUT2D eigenvalue weighted by Gasteiger charge is -2.38. The minimum atomic E-state index is -1.37. The molecule has 0 radical (unpaired) electrons. The normalized spacial score (nSPS) is 15.3. The number of carbonyl (C=O) groups is 3. The standard InChI is InChI=1S/C27H23FN2O5/c28-22-12-5-11-20(24(31)30-27(25(32)33)13-6-14-27)23(22)29-26(34)35-15-21-18-9-3-1-7-16(18)17-8-2-4-10-19(17)21/h1-5,7-12,21H,6,13-15H2,(H,29,34)(H,30,31)(H,32,33). The molecule has 0 bridgehead atoms. The predicted molar refractivity (Wildman–Crippen MR) is 127 cm³/mol. The number of hydrogen-bond donors (Lipinski definition) is 3. The average molecular weight is 474 g/mol. The molecule has 1 fully saturated rings. The van der Waals surface area contributed by atoms with E-state index >= 15 is 0 Å². The van der Waals surface area contributed by atoms with E-state index < -0.39 is 29.3 Å². The summed E-state index contributed by atoms with van der Waals surface area (Å²) in [6.07, 6.45) is 0.333. The molecule has 3 N–H and O–H groups in total. The van der Waals surface area contributed by atoms with Gasteiger partial charge in [0, 0.05) is 5.92 Å². The van der Waals surface area contributed by atoms with Gasteiger partial charge in [0.15, 0.2) is 0 Å². The van der Waals surface area contributed by atoms with Crippen LogP contribution in [0.15, 0.2) is 66.7 Å². The molecule has 0 aliphatic heterocycles. The molecule has 2 aliphatic rings. The molecule has 0 heterocycles. The number of carbonyl (C=O) groups excluding carboxylic acids is 2. The molecule has 8 heteroatoms. The molecule has 1 saturated carbocycles. The molecule has 0 saturated heterocycles. The molecule has 2 aliphatic carbocycles. The summed E-state index contributed by atoms with van der Waals surface area (Å²) in [7, 11) is 0. The highest BCUT2D eigenvalue weighted by molar-refractivity contribution is 6.04. The van der Waals surface area contributed by atoms with E-state index in [0.717, 1.165) is 28.3 Å². The molecule has 35 heavy (non-hydrogen) atoms. The van der Waals surface area contributed by atoms with E-state index in [1.165, 1.54) is 12.1 Å². The summed E-state index contributed by atoms with van der Waals surface area (Å²) in [5.74, 6) is -2.92. The lowest BCUT2D eigenvalue weighted by Crippen LogP contribution is -2.59. The van der Waals surface area contributed by atoms with E-state index in [2.05, 4.69) is 10.6 Å². The summed E-state index contributed by atoms with van der Waals surface area (Å²) in [4.78, 5) is 37.1. The topological polar surface area (TPSA) is 105 Å². The van der Waals surface area contributed by atoms with Crippen molar-refractivity contribution in [1.29, 1.82) is 0 Å². The van der Waals surface area contributed by atoms with Gasteiger partial charge in [-0.15, -0.1) is 0 Å². The average Bonchev–Trinajstić information content (AvgIpc) is 3.14. The molecule has 0 unspecified atom stereocenters. The van der Waals surface area contributed by atoms with E-state index in [-0.39, 0.29) is 23.8 Å². The van der Waals surface area contributed by atoms with Crippen molar-refractivity contribution in [2.45, 2.75) is 30.7 Å². The third-order valence-electron chi connectivity index (χ3n) is 6.80. The maximum absolute atomic E-state index is 14.6. The second-order valence-electron chi connectivity index (χ2n) is 8.81. The Morgan fingerprint density at radius 3 is 2.14 bits per heavy atom. The molecule has 3 aromatic rings. The fourth-order valence-corrected chi connectivity index (χ4v) is 4.78. The van der Waals surface area contributed by atoms with Crippen LogP contribution in [0.25, 0.3) is 11.1 Å². The first-order chi connectivity index (χ1) is 16.9. The molecule has 0 spiro atoms. The number of benzene rings is 3. The van der Waals surface area contributed by atoms with Gasteiger partial charge in [0.1, 0.15) is 18.0 Å². The monoisotopic (exact) mass is 474 g/mol. The van der Waals surface area contributed by atoms with Crippen LogP contribution in [0.4, 0.5) is 14.9 Å². The van der Waals surface area contributed by atoms with Crippen LogP contribution >= 0.6 is 0 Å². The number of amides is 2. The van der Waals surface area contributed by atoms with E-state index in [1.807, 2.05) is 48.5 Å². The van der Waals surface area contributed by atoms with Gasteiger partial charge in [0.05, 0.1) is 11.3 Å². The Bertz CT molecular complexity index is 1290. The smallest absolute Gasteiger partial charge is 0.411 e. The summed E-state index contributed by atoms with van der Waals surface area (Å²) >= 11 is 0. The van der Waals surface area contributed by atoms with Gasteiger partial charge in [-0.05, 0) is 53.6 Å². The third kappa shape index (κ3) is 4.01. The zero-order valence-electron chi connectivity index (χ0n) is 18.7. The fourth-order valence-electron chi connectivity index (χ4n) is 4.78. The molecule has 0 aromatic heterocycles. The molecular formula is C27H23FN2O5. The van der Waals surface area contributed by atoms with Crippen LogP contribution in [0.5, 0.6) is 0 Å².